The molecule has 1 unspecified atom stereocenters. The molecule has 1 atom stereocenters. The van der Waals surface area contributed by atoms with Crippen molar-refractivity contribution in [1.82, 2.24) is 4.90 Å². The number of nitrogens with zero attached hydrogens (tertiary/aromatic N) is 1. The van der Waals surface area contributed by atoms with Crippen molar-refractivity contribution in [3.8, 4) is 0 Å². The van der Waals surface area contributed by atoms with E-state index in [1.165, 1.54) is 0 Å². The van der Waals surface area contributed by atoms with E-state index in [9.17, 15) is 4.79 Å². The molecule has 0 aromatic carbocycles. The average molecular weight is 238 g/mol. The third-order valence-electron chi connectivity index (χ3n) is 2.94. The lowest BCUT2D eigenvalue weighted by molar-refractivity contribution is -0.136. The molecule has 0 aliphatic rings. The highest BCUT2D eigenvalue weighted by Crippen LogP contribution is 2.15. The highest BCUT2D eigenvalue weighted by Gasteiger charge is 2.24. The molecule has 1 rings (SSSR count). The van der Waals surface area contributed by atoms with Crippen LogP contribution in [0.2, 0.25) is 0 Å². The van der Waals surface area contributed by atoms with Crippen molar-refractivity contribution in [3.63, 3.8) is 0 Å². The fourth-order valence-corrected chi connectivity index (χ4v) is 1.82. The molecule has 1 aromatic heterocycles. The Bertz CT molecular complexity index is 371. The van der Waals surface area contributed by atoms with Gasteiger partial charge in [-0.25, -0.2) is 0 Å². The molecule has 0 radical (unpaired) electrons. The molecular formula is C13H22N2O2. The molecule has 4 heteroatoms. The first-order chi connectivity index (χ1) is 7.95. The number of amides is 1. The summed E-state index contributed by atoms with van der Waals surface area (Å²) in [7, 11) is 1.78. The van der Waals surface area contributed by atoms with Gasteiger partial charge < -0.3 is 15.1 Å². The molecule has 0 fully saturated rings. The topological polar surface area (TPSA) is 59.5 Å². The van der Waals surface area contributed by atoms with Crippen LogP contribution in [-0.4, -0.2) is 24.4 Å². The number of carbonyl (C=O) groups is 1. The first kappa shape index (κ1) is 13.8. The Morgan fingerprint density at radius 2 is 2.12 bits per heavy atom. The van der Waals surface area contributed by atoms with Crippen LogP contribution in [0, 0.1) is 18.8 Å². The predicted molar refractivity (Wildman–Crippen MR) is 67.3 cm³/mol. The first-order valence-electron chi connectivity index (χ1n) is 5.96. The summed E-state index contributed by atoms with van der Waals surface area (Å²) < 4.78 is 5.45. The summed E-state index contributed by atoms with van der Waals surface area (Å²) in [6.45, 7) is 6.80. The third kappa shape index (κ3) is 3.60. The van der Waals surface area contributed by atoms with E-state index >= 15 is 0 Å². The van der Waals surface area contributed by atoms with Crippen molar-refractivity contribution in [2.75, 3.05) is 13.6 Å². The second-order valence-electron chi connectivity index (χ2n) is 4.79. The van der Waals surface area contributed by atoms with Crippen LogP contribution in [0.5, 0.6) is 0 Å². The molecule has 0 saturated carbocycles. The SMILES string of the molecule is Cc1ccc(CN(C)C(=O)C(CN)C(C)C)o1. The summed E-state index contributed by atoms with van der Waals surface area (Å²) >= 11 is 0. The van der Waals surface area contributed by atoms with Gasteiger partial charge in [0.15, 0.2) is 0 Å². The number of nitrogens with two attached hydrogens (primary N) is 1. The number of hydrogen-bond acceptors (Lipinski definition) is 3. The maximum atomic E-state index is 12.1. The van der Waals surface area contributed by atoms with Gasteiger partial charge in [0.05, 0.1) is 12.5 Å². The molecule has 0 aliphatic heterocycles. The Balaban J connectivity index is 2.63. The average Bonchev–Trinajstić information content (AvgIpc) is 2.64. The normalized spacial score (nSPS) is 12.8. The minimum absolute atomic E-state index is 0.0801. The molecule has 0 aliphatic carbocycles. The molecule has 4 nitrogen and oxygen atoms in total. The smallest absolute Gasteiger partial charge is 0.227 e. The molecule has 0 spiro atoms. The van der Waals surface area contributed by atoms with Gasteiger partial charge in [-0.2, -0.15) is 0 Å². The quantitative estimate of drug-likeness (QED) is 0.850. The summed E-state index contributed by atoms with van der Waals surface area (Å²) in [6, 6.07) is 3.79. The molecule has 2 N–H and O–H groups in total. The van der Waals surface area contributed by atoms with Crippen molar-refractivity contribution >= 4 is 5.91 Å². The van der Waals surface area contributed by atoms with E-state index in [0.29, 0.717) is 13.1 Å². The lowest BCUT2D eigenvalue weighted by Gasteiger charge is -2.24. The summed E-state index contributed by atoms with van der Waals surface area (Å²) in [4.78, 5) is 13.8. The first-order valence-corrected chi connectivity index (χ1v) is 5.96. The van der Waals surface area contributed by atoms with E-state index in [0.717, 1.165) is 11.5 Å². The Kier molecular flexibility index (Phi) is 4.75. The van der Waals surface area contributed by atoms with Crippen molar-refractivity contribution < 1.29 is 9.21 Å². The van der Waals surface area contributed by atoms with E-state index in [-0.39, 0.29) is 17.7 Å². The van der Waals surface area contributed by atoms with E-state index in [2.05, 4.69) is 0 Å². The van der Waals surface area contributed by atoms with Gasteiger partial charge in [-0.1, -0.05) is 13.8 Å². The standard InChI is InChI=1S/C13H22N2O2/c1-9(2)12(7-14)13(16)15(4)8-11-6-5-10(3)17-11/h5-6,9,12H,7-8,14H2,1-4H3. The summed E-state index contributed by atoms with van der Waals surface area (Å²) in [5, 5.41) is 0. The van der Waals surface area contributed by atoms with Crippen molar-refractivity contribution in [2.45, 2.75) is 27.3 Å². The van der Waals surface area contributed by atoms with Gasteiger partial charge in [0, 0.05) is 13.6 Å². The summed E-state index contributed by atoms with van der Waals surface area (Å²) in [5.41, 5.74) is 5.64. The number of furan rings is 1. The van der Waals surface area contributed by atoms with Crippen LogP contribution in [0.1, 0.15) is 25.4 Å². The van der Waals surface area contributed by atoms with Crippen LogP contribution in [0.4, 0.5) is 0 Å². The van der Waals surface area contributed by atoms with E-state index in [4.69, 9.17) is 10.2 Å². The second-order valence-corrected chi connectivity index (χ2v) is 4.79. The van der Waals surface area contributed by atoms with Gasteiger partial charge in [0.25, 0.3) is 0 Å². The van der Waals surface area contributed by atoms with Gasteiger partial charge in [0.1, 0.15) is 11.5 Å². The van der Waals surface area contributed by atoms with Crippen LogP contribution in [0.15, 0.2) is 16.5 Å². The molecule has 96 valence electrons. The zero-order chi connectivity index (χ0) is 13.0. The van der Waals surface area contributed by atoms with Crippen molar-refractivity contribution in [2.24, 2.45) is 17.6 Å². The molecule has 1 heterocycles. The fraction of sp³-hybridized carbons (Fsp3) is 0.615. The van der Waals surface area contributed by atoms with E-state index in [1.807, 2.05) is 32.9 Å². The minimum Gasteiger partial charge on any atom is -0.464 e. The highest BCUT2D eigenvalue weighted by molar-refractivity contribution is 5.79. The Morgan fingerprint density at radius 1 is 1.47 bits per heavy atom. The number of carbonyl (C=O) groups excluding carboxylic acids is 1. The van der Waals surface area contributed by atoms with Gasteiger partial charge >= 0.3 is 0 Å². The minimum atomic E-state index is -0.115. The van der Waals surface area contributed by atoms with Gasteiger partial charge in [0.2, 0.25) is 5.91 Å². The van der Waals surface area contributed by atoms with Gasteiger partial charge in [-0.3, -0.25) is 4.79 Å². The summed E-state index contributed by atoms with van der Waals surface area (Å²) in [5.74, 6) is 1.89. The zero-order valence-corrected chi connectivity index (χ0v) is 11.1. The van der Waals surface area contributed by atoms with Crippen molar-refractivity contribution in [1.29, 1.82) is 0 Å². The third-order valence-corrected chi connectivity index (χ3v) is 2.94. The predicted octanol–water partition coefficient (Wildman–Crippen LogP) is 1.78. The second kappa shape index (κ2) is 5.87. The van der Waals surface area contributed by atoms with Gasteiger partial charge in [-0.05, 0) is 25.0 Å². The van der Waals surface area contributed by atoms with Crippen LogP contribution < -0.4 is 5.73 Å². The lowest BCUT2D eigenvalue weighted by atomic mass is 9.94. The monoisotopic (exact) mass is 238 g/mol. The molecule has 0 saturated heterocycles. The summed E-state index contributed by atoms with van der Waals surface area (Å²) in [6.07, 6.45) is 0. The fourth-order valence-electron chi connectivity index (χ4n) is 1.82. The molecule has 0 bridgehead atoms. The molecule has 17 heavy (non-hydrogen) atoms. The van der Waals surface area contributed by atoms with Crippen LogP contribution in [-0.2, 0) is 11.3 Å². The van der Waals surface area contributed by atoms with Crippen LogP contribution in [0.3, 0.4) is 0 Å². The number of aryl methyl sites for hydroxylation is 1. The van der Waals surface area contributed by atoms with Gasteiger partial charge in [-0.15, -0.1) is 0 Å². The Labute approximate surface area is 103 Å². The van der Waals surface area contributed by atoms with E-state index in [1.54, 1.807) is 11.9 Å². The molecule has 1 aromatic rings. The lowest BCUT2D eigenvalue weighted by Crippen LogP contribution is -2.38. The number of hydrogen-bond donors (Lipinski definition) is 1. The van der Waals surface area contributed by atoms with Crippen LogP contribution in [0.25, 0.3) is 0 Å². The van der Waals surface area contributed by atoms with Crippen LogP contribution >= 0.6 is 0 Å². The maximum absolute atomic E-state index is 12.1. The zero-order valence-electron chi connectivity index (χ0n) is 11.1. The van der Waals surface area contributed by atoms with Crippen molar-refractivity contribution in [3.05, 3.63) is 23.7 Å². The molecule has 1 amide bonds. The molecular weight excluding hydrogens is 216 g/mol. The van der Waals surface area contributed by atoms with E-state index < -0.39 is 0 Å². The largest absolute Gasteiger partial charge is 0.464 e. The Morgan fingerprint density at radius 3 is 2.53 bits per heavy atom. The number of rotatable bonds is 5. The maximum Gasteiger partial charge on any atom is 0.227 e. The highest BCUT2D eigenvalue weighted by atomic mass is 16.3. The Hall–Kier alpha value is -1.29.